The van der Waals surface area contributed by atoms with Gasteiger partial charge in [-0.3, -0.25) is 4.79 Å². The SMILES string of the molecule is CCCn1c(C)cc(C(=O)CSc2nnc(-c3cc(OCC)c(OCC)c(OCC)c3)o2)c1C. The van der Waals surface area contributed by atoms with Crippen molar-refractivity contribution in [2.24, 2.45) is 0 Å². The van der Waals surface area contributed by atoms with E-state index in [9.17, 15) is 4.79 Å². The highest BCUT2D eigenvalue weighted by molar-refractivity contribution is 7.99. The fourth-order valence-electron chi connectivity index (χ4n) is 3.75. The standard InChI is InChI=1S/C25H33N3O5S/c1-7-11-28-16(5)12-19(17(28)6)20(29)15-34-25-27-26-24(33-25)18-13-21(30-8-2)23(32-10-4)22(14-18)31-9-3/h12-14H,7-11,15H2,1-6H3. The maximum atomic E-state index is 12.8. The van der Waals surface area contributed by atoms with Crippen molar-refractivity contribution < 1.29 is 23.4 Å². The molecular formula is C25H33N3O5S. The van der Waals surface area contributed by atoms with Gasteiger partial charge in [-0.15, -0.1) is 10.2 Å². The van der Waals surface area contributed by atoms with Gasteiger partial charge in [-0.25, -0.2) is 0 Å². The second kappa shape index (κ2) is 12.0. The molecule has 0 fully saturated rings. The lowest BCUT2D eigenvalue weighted by molar-refractivity contribution is 0.102. The van der Waals surface area contributed by atoms with Crippen molar-refractivity contribution in [2.45, 2.75) is 59.7 Å². The van der Waals surface area contributed by atoms with E-state index in [2.05, 4.69) is 21.7 Å². The molecule has 0 amide bonds. The second-order valence-electron chi connectivity index (χ2n) is 7.62. The van der Waals surface area contributed by atoms with Gasteiger partial charge in [-0.05, 0) is 59.2 Å². The van der Waals surface area contributed by atoms with Crippen molar-refractivity contribution >= 4 is 17.5 Å². The topological polar surface area (TPSA) is 88.6 Å². The van der Waals surface area contributed by atoms with E-state index in [1.165, 1.54) is 11.8 Å². The van der Waals surface area contributed by atoms with Gasteiger partial charge in [-0.2, -0.15) is 0 Å². The Bertz CT molecular complexity index is 1090. The molecule has 0 saturated carbocycles. The van der Waals surface area contributed by atoms with Crippen LogP contribution in [0.4, 0.5) is 0 Å². The number of aromatic nitrogens is 3. The minimum Gasteiger partial charge on any atom is -0.490 e. The van der Waals surface area contributed by atoms with Gasteiger partial charge in [0.05, 0.1) is 25.6 Å². The van der Waals surface area contributed by atoms with E-state index in [1.807, 2.05) is 40.7 Å². The van der Waals surface area contributed by atoms with E-state index in [-0.39, 0.29) is 11.5 Å². The first-order chi connectivity index (χ1) is 16.4. The molecule has 184 valence electrons. The first kappa shape index (κ1) is 25.7. The second-order valence-corrected chi connectivity index (χ2v) is 8.55. The summed E-state index contributed by atoms with van der Waals surface area (Å²) in [6, 6.07) is 5.55. The Kier molecular flexibility index (Phi) is 9.04. The van der Waals surface area contributed by atoms with E-state index >= 15 is 0 Å². The molecule has 0 radical (unpaired) electrons. The Labute approximate surface area is 205 Å². The molecule has 0 atom stereocenters. The maximum absolute atomic E-state index is 12.8. The predicted molar refractivity (Wildman–Crippen MR) is 132 cm³/mol. The van der Waals surface area contributed by atoms with Crippen molar-refractivity contribution in [1.29, 1.82) is 0 Å². The monoisotopic (exact) mass is 487 g/mol. The van der Waals surface area contributed by atoms with E-state index in [0.29, 0.717) is 53.7 Å². The van der Waals surface area contributed by atoms with Gasteiger partial charge in [-0.1, -0.05) is 18.7 Å². The third-order valence-corrected chi connectivity index (χ3v) is 6.03. The fraction of sp³-hybridized carbons (Fsp3) is 0.480. The molecule has 9 heteroatoms. The number of carbonyl (C=O) groups is 1. The fourth-order valence-corrected chi connectivity index (χ4v) is 4.40. The Balaban J connectivity index is 1.78. The van der Waals surface area contributed by atoms with Crippen LogP contribution in [-0.2, 0) is 6.54 Å². The van der Waals surface area contributed by atoms with Crippen LogP contribution >= 0.6 is 11.8 Å². The summed E-state index contributed by atoms with van der Waals surface area (Å²) in [7, 11) is 0. The van der Waals surface area contributed by atoms with Crippen LogP contribution in [0, 0.1) is 13.8 Å². The number of thioether (sulfide) groups is 1. The molecule has 2 aromatic heterocycles. The van der Waals surface area contributed by atoms with Crippen LogP contribution < -0.4 is 14.2 Å². The van der Waals surface area contributed by atoms with Crippen LogP contribution in [0.1, 0.15) is 55.9 Å². The number of hydrogen-bond acceptors (Lipinski definition) is 8. The zero-order chi connectivity index (χ0) is 24.7. The summed E-state index contributed by atoms with van der Waals surface area (Å²) in [6.07, 6.45) is 1.02. The van der Waals surface area contributed by atoms with Crippen molar-refractivity contribution in [1.82, 2.24) is 14.8 Å². The van der Waals surface area contributed by atoms with Crippen LogP contribution in [-0.4, -0.2) is 46.1 Å². The quantitative estimate of drug-likeness (QED) is 0.223. The lowest BCUT2D eigenvalue weighted by Crippen LogP contribution is -2.06. The lowest BCUT2D eigenvalue weighted by Gasteiger charge is -2.16. The summed E-state index contributed by atoms with van der Waals surface area (Å²) in [6.45, 7) is 14.2. The van der Waals surface area contributed by atoms with E-state index in [0.717, 1.165) is 29.9 Å². The average molecular weight is 488 g/mol. The normalized spacial score (nSPS) is 11.0. The molecule has 0 unspecified atom stereocenters. The number of Topliss-reactive ketones (excluding diaryl/α,β-unsaturated/α-hetero) is 1. The van der Waals surface area contributed by atoms with E-state index < -0.39 is 0 Å². The number of rotatable bonds is 13. The van der Waals surface area contributed by atoms with Crippen molar-refractivity contribution in [3.05, 3.63) is 35.2 Å². The Morgan fingerprint density at radius 3 is 2.21 bits per heavy atom. The predicted octanol–water partition coefficient (Wildman–Crippen LogP) is 5.74. The molecule has 34 heavy (non-hydrogen) atoms. The minimum absolute atomic E-state index is 0.0403. The summed E-state index contributed by atoms with van der Waals surface area (Å²) < 4.78 is 25.3. The minimum atomic E-state index is 0.0403. The van der Waals surface area contributed by atoms with Gasteiger partial charge in [0.15, 0.2) is 17.3 Å². The zero-order valence-corrected chi connectivity index (χ0v) is 21.6. The van der Waals surface area contributed by atoms with E-state index in [1.54, 1.807) is 12.1 Å². The molecule has 0 bridgehead atoms. The molecule has 0 spiro atoms. The molecule has 3 aromatic rings. The van der Waals surface area contributed by atoms with E-state index in [4.69, 9.17) is 18.6 Å². The molecule has 0 saturated heterocycles. The zero-order valence-electron chi connectivity index (χ0n) is 20.8. The Hall–Kier alpha value is -2.94. The molecule has 3 rings (SSSR count). The number of carbonyl (C=O) groups excluding carboxylic acids is 1. The smallest absolute Gasteiger partial charge is 0.277 e. The highest BCUT2D eigenvalue weighted by Gasteiger charge is 2.20. The third kappa shape index (κ3) is 5.75. The summed E-state index contributed by atoms with van der Waals surface area (Å²) in [5.74, 6) is 2.23. The number of aryl methyl sites for hydroxylation is 1. The summed E-state index contributed by atoms with van der Waals surface area (Å²) in [4.78, 5) is 12.8. The van der Waals surface area contributed by atoms with Gasteiger partial charge in [0, 0.05) is 29.1 Å². The van der Waals surface area contributed by atoms with Gasteiger partial charge in [0.1, 0.15) is 0 Å². The number of nitrogens with zero attached hydrogens (tertiary/aromatic N) is 3. The van der Waals surface area contributed by atoms with Gasteiger partial charge in [0.25, 0.3) is 5.22 Å². The molecule has 2 heterocycles. The van der Waals surface area contributed by atoms with Crippen LogP contribution in [0.5, 0.6) is 17.2 Å². The molecule has 0 aliphatic rings. The first-order valence-corrected chi connectivity index (χ1v) is 12.6. The Morgan fingerprint density at radius 2 is 1.62 bits per heavy atom. The summed E-state index contributed by atoms with van der Waals surface area (Å²) >= 11 is 1.23. The van der Waals surface area contributed by atoms with Crippen LogP contribution in [0.2, 0.25) is 0 Å². The van der Waals surface area contributed by atoms with Crippen LogP contribution in [0.3, 0.4) is 0 Å². The molecule has 1 aromatic carbocycles. The molecule has 0 aliphatic heterocycles. The first-order valence-electron chi connectivity index (χ1n) is 11.7. The third-order valence-electron chi connectivity index (χ3n) is 5.21. The van der Waals surface area contributed by atoms with Crippen LogP contribution in [0.25, 0.3) is 11.5 Å². The lowest BCUT2D eigenvalue weighted by atomic mass is 10.2. The highest BCUT2D eigenvalue weighted by atomic mass is 32.2. The molecular weight excluding hydrogens is 454 g/mol. The van der Waals surface area contributed by atoms with Crippen LogP contribution in [0.15, 0.2) is 27.8 Å². The molecule has 0 aliphatic carbocycles. The highest BCUT2D eigenvalue weighted by Crippen LogP contribution is 2.42. The molecule has 0 N–H and O–H groups in total. The number of benzene rings is 1. The van der Waals surface area contributed by atoms with Gasteiger partial charge in [0.2, 0.25) is 11.6 Å². The van der Waals surface area contributed by atoms with Crippen molar-refractivity contribution in [3.8, 4) is 28.7 Å². The largest absolute Gasteiger partial charge is 0.490 e. The average Bonchev–Trinajstić information content (AvgIpc) is 3.40. The van der Waals surface area contributed by atoms with Gasteiger partial charge >= 0.3 is 0 Å². The summed E-state index contributed by atoms with van der Waals surface area (Å²) in [5.41, 5.74) is 3.49. The summed E-state index contributed by atoms with van der Waals surface area (Å²) in [5, 5.41) is 8.62. The number of ether oxygens (including phenoxy) is 3. The number of ketones is 1. The van der Waals surface area contributed by atoms with Crippen molar-refractivity contribution in [3.63, 3.8) is 0 Å². The van der Waals surface area contributed by atoms with Gasteiger partial charge < -0.3 is 23.2 Å². The number of hydrogen-bond donors (Lipinski definition) is 0. The maximum Gasteiger partial charge on any atom is 0.277 e. The Morgan fingerprint density at radius 1 is 0.971 bits per heavy atom. The molecule has 8 nitrogen and oxygen atoms in total. The van der Waals surface area contributed by atoms with Crippen molar-refractivity contribution in [2.75, 3.05) is 25.6 Å².